The summed E-state index contributed by atoms with van der Waals surface area (Å²) in [4.78, 5) is 4.58. The molecule has 0 saturated carbocycles. The lowest BCUT2D eigenvalue weighted by Crippen LogP contribution is -2.26. The van der Waals surface area contributed by atoms with Crippen molar-refractivity contribution >= 4 is 22.9 Å². The Hall–Kier alpha value is -0.840. The second kappa shape index (κ2) is 4.12. The first-order valence-electron chi connectivity index (χ1n) is 6.01. The van der Waals surface area contributed by atoms with Gasteiger partial charge in [-0.15, -0.1) is 0 Å². The van der Waals surface area contributed by atoms with E-state index in [2.05, 4.69) is 65.2 Å². The van der Waals surface area contributed by atoms with E-state index in [0.29, 0.717) is 0 Å². The van der Waals surface area contributed by atoms with Gasteiger partial charge in [0, 0.05) is 11.6 Å². The fourth-order valence-corrected chi connectivity index (χ4v) is 3.27. The normalized spacial score (nSPS) is 17.1. The van der Waals surface area contributed by atoms with Gasteiger partial charge in [0.2, 0.25) is 0 Å². The Morgan fingerprint density at radius 1 is 1.29 bits per heavy atom. The van der Waals surface area contributed by atoms with Crippen molar-refractivity contribution in [3.63, 3.8) is 0 Å². The topological polar surface area (TPSA) is 17.8 Å². The smallest absolute Gasteiger partial charge is 0.104 e. The standard InChI is InChI=1S/C14H15IN2/c1-2-14(13-9-17(15)10-16-13)7-11-5-3-4-6-12(11)8-14/h3-6,9-10H,2,7-8H2,1H3. The van der Waals surface area contributed by atoms with Gasteiger partial charge < -0.3 is 0 Å². The third-order valence-electron chi connectivity index (χ3n) is 3.95. The van der Waals surface area contributed by atoms with Crippen molar-refractivity contribution in [2.45, 2.75) is 31.6 Å². The van der Waals surface area contributed by atoms with Crippen LogP contribution in [0.25, 0.3) is 0 Å². The summed E-state index contributed by atoms with van der Waals surface area (Å²) in [5.41, 5.74) is 4.46. The molecule has 1 aliphatic carbocycles. The van der Waals surface area contributed by atoms with Crippen molar-refractivity contribution in [2.75, 3.05) is 0 Å². The van der Waals surface area contributed by atoms with Crippen LogP contribution in [0.3, 0.4) is 0 Å². The SMILES string of the molecule is CCC1(c2cn(I)cn2)Cc2ccccc2C1. The molecule has 1 aromatic heterocycles. The molecule has 3 rings (SSSR count). The van der Waals surface area contributed by atoms with Crippen LogP contribution in [0.2, 0.25) is 0 Å². The molecule has 1 aromatic carbocycles. The number of aromatic nitrogens is 2. The molecule has 17 heavy (non-hydrogen) atoms. The van der Waals surface area contributed by atoms with Crippen LogP contribution in [0, 0.1) is 0 Å². The van der Waals surface area contributed by atoms with Crippen molar-refractivity contribution in [3.05, 3.63) is 53.6 Å². The Bertz CT molecular complexity index is 520. The Morgan fingerprint density at radius 2 is 1.94 bits per heavy atom. The van der Waals surface area contributed by atoms with Crippen LogP contribution in [-0.2, 0) is 18.3 Å². The van der Waals surface area contributed by atoms with E-state index in [9.17, 15) is 0 Å². The lowest BCUT2D eigenvalue weighted by Gasteiger charge is -2.25. The number of fused-ring (bicyclic) bond motifs is 1. The number of halogens is 1. The molecule has 0 aliphatic heterocycles. The average Bonchev–Trinajstić information content (AvgIpc) is 2.92. The van der Waals surface area contributed by atoms with Gasteiger partial charge in [-0.25, -0.2) is 4.98 Å². The minimum atomic E-state index is 0.222. The highest BCUT2D eigenvalue weighted by atomic mass is 127. The molecule has 0 amide bonds. The molecule has 0 unspecified atom stereocenters. The Balaban J connectivity index is 2.03. The van der Waals surface area contributed by atoms with Crippen LogP contribution < -0.4 is 0 Å². The Labute approximate surface area is 116 Å². The number of rotatable bonds is 2. The van der Waals surface area contributed by atoms with Crippen LogP contribution in [0.1, 0.15) is 30.2 Å². The van der Waals surface area contributed by atoms with Crippen molar-refractivity contribution in [1.29, 1.82) is 0 Å². The molecule has 0 atom stereocenters. The molecule has 0 saturated heterocycles. The molecule has 2 nitrogen and oxygen atoms in total. The zero-order chi connectivity index (χ0) is 11.9. The molecule has 3 heteroatoms. The van der Waals surface area contributed by atoms with E-state index in [1.165, 1.54) is 16.8 Å². The second-order valence-corrected chi connectivity index (χ2v) is 5.97. The van der Waals surface area contributed by atoms with Crippen molar-refractivity contribution in [1.82, 2.24) is 7.76 Å². The molecule has 0 bridgehead atoms. The maximum absolute atomic E-state index is 4.58. The van der Waals surface area contributed by atoms with E-state index in [0.717, 1.165) is 19.3 Å². The molecule has 0 fully saturated rings. The van der Waals surface area contributed by atoms with Gasteiger partial charge >= 0.3 is 0 Å². The molecule has 88 valence electrons. The highest BCUT2D eigenvalue weighted by Gasteiger charge is 2.38. The fraction of sp³-hybridized carbons (Fsp3) is 0.357. The molecular formula is C14H15IN2. The van der Waals surface area contributed by atoms with Crippen LogP contribution in [0.15, 0.2) is 36.8 Å². The summed E-state index contributed by atoms with van der Waals surface area (Å²) in [5.74, 6) is 0. The van der Waals surface area contributed by atoms with E-state index in [1.54, 1.807) is 0 Å². The van der Waals surface area contributed by atoms with E-state index in [-0.39, 0.29) is 5.41 Å². The van der Waals surface area contributed by atoms with Gasteiger partial charge in [-0.05, 0) is 30.4 Å². The predicted octanol–water partition coefficient (Wildman–Crippen LogP) is 3.53. The zero-order valence-electron chi connectivity index (χ0n) is 9.86. The van der Waals surface area contributed by atoms with Crippen molar-refractivity contribution in [3.8, 4) is 0 Å². The number of hydrogen-bond acceptors (Lipinski definition) is 1. The van der Waals surface area contributed by atoms with Crippen LogP contribution >= 0.6 is 22.9 Å². The van der Waals surface area contributed by atoms with Crippen molar-refractivity contribution < 1.29 is 0 Å². The van der Waals surface area contributed by atoms with E-state index < -0.39 is 0 Å². The summed E-state index contributed by atoms with van der Waals surface area (Å²) >= 11 is 2.26. The van der Waals surface area contributed by atoms with E-state index in [4.69, 9.17) is 0 Å². The first-order chi connectivity index (χ1) is 8.23. The van der Waals surface area contributed by atoms with Crippen molar-refractivity contribution in [2.24, 2.45) is 0 Å². The summed E-state index contributed by atoms with van der Waals surface area (Å²) in [6.07, 6.45) is 7.47. The fourth-order valence-electron chi connectivity index (χ4n) is 2.88. The second-order valence-electron chi connectivity index (χ2n) is 4.86. The third-order valence-corrected chi connectivity index (χ3v) is 4.48. The third kappa shape index (κ3) is 1.80. The predicted molar refractivity (Wildman–Crippen MR) is 77.5 cm³/mol. The first-order valence-corrected chi connectivity index (χ1v) is 6.97. The molecule has 0 radical (unpaired) electrons. The highest BCUT2D eigenvalue weighted by molar-refractivity contribution is 14.1. The first kappa shape index (κ1) is 11.3. The van der Waals surface area contributed by atoms with Crippen LogP contribution in [0.5, 0.6) is 0 Å². The maximum atomic E-state index is 4.58. The Morgan fingerprint density at radius 3 is 2.41 bits per heavy atom. The summed E-state index contributed by atoms with van der Waals surface area (Å²) in [7, 11) is 0. The van der Waals surface area contributed by atoms with Gasteiger partial charge in [0.15, 0.2) is 0 Å². The van der Waals surface area contributed by atoms with Gasteiger partial charge in [-0.2, -0.15) is 0 Å². The van der Waals surface area contributed by atoms with E-state index >= 15 is 0 Å². The zero-order valence-corrected chi connectivity index (χ0v) is 12.0. The van der Waals surface area contributed by atoms with Gasteiger partial charge in [0.05, 0.1) is 28.6 Å². The van der Waals surface area contributed by atoms with Gasteiger partial charge in [-0.3, -0.25) is 2.78 Å². The highest BCUT2D eigenvalue weighted by Crippen LogP contribution is 2.41. The number of hydrogen-bond donors (Lipinski definition) is 0. The molecule has 2 aromatic rings. The number of benzene rings is 1. The maximum Gasteiger partial charge on any atom is 0.104 e. The van der Waals surface area contributed by atoms with Gasteiger partial charge in [0.1, 0.15) is 6.33 Å². The lowest BCUT2D eigenvalue weighted by molar-refractivity contribution is 0.423. The van der Waals surface area contributed by atoms with Crippen LogP contribution in [0.4, 0.5) is 0 Å². The summed E-state index contributed by atoms with van der Waals surface area (Å²) < 4.78 is 2.02. The molecule has 1 heterocycles. The molecule has 0 spiro atoms. The average molecular weight is 338 g/mol. The molecule has 1 aliphatic rings. The number of imidazole rings is 1. The monoisotopic (exact) mass is 338 g/mol. The molecular weight excluding hydrogens is 323 g/mol. The quantitative estimate of drug-likeness (QED) is 0.766. The van der Waals surface area contributed by atoms with E-state index in [1.807, 2.05) is 9.11 Å². The molecule has 0 N–H and O–H groups in total. The number of nitrogens with zero attached hydrogens (tertiary/aromatic N) is 2. The Kier molecular flexibility index (Phi) is 2.73. The summed E-state index contributed by atoms with van der Waals surface area (Å²) in [6, 6.07) is 8.80. The lowest BCUT2D eigenvalue weighted by atomic mass is 9.79. The van der Waals surface area contributed by atoms with Gasteiger partial charge in [-0.1, -0.05) is 31.2 Å². The van der Waals surface area contributed by atoms with Gasteiger partial charge in [0.25, 0.3) is 0 Å². The minimum absolute atomic E-state index is 0.222. The largest absolute Gasteiger partial charge is 0.278 e. The van der Waals surface area contributed by atoms with Crippen LogP contribution in [-0.4, -0.2) is 7.76 Å². The minimum Gasteiger partial charge on any atom is -0.278 e. The summed E-state index contributed by atoms with van der Waals surface area (Å²) in [6.45, 7) is 2.28. The summed E-state index contributed by atoms with van der Waals surface area (Å²) in [5, 5.41) is 0.